The molecule has 3 heteroatoms. The average Bonchev–Trinajstić information content (AvgIpc) is 2.41. The van der Waals surface area contributed by atoms with Crippen LogP contribution in [-0.2, 0) is 6.54 Å². The molecule has 1 saturated carbocycles. The van der Waals surface area contributed by atoms with Crippen molar-refractivity contribution in [2.45, 2.75) is 52.1 Å². The van der Waals surface area contributed by atoms with Crippen LogP contribution in [0, 0.1) is 5.41 Å². The minimum absolute atomic E-state index is 0.0278. The number of rotatable bonds is 3. The zero-order valence-corrected chi connectivity index (χ0v) is 11.9. The minimum atomic E-state index is 0.0278. The first-order valence-corrected chi connectivity index (χ1v) is 7.10. The highest BCUT2D eigenvalue weighted by Gasteiger charge is 2.27. The lowest BCUT2D eigenvalue weighted by molar-refractivity contribution is 0.0909. The summed E-state index contributed by atoms with van der Waals surface area (Å²) in [5, 5.41) is 3.14. The third kappa shape index (κ3) is 3.80. The van der Waals surface area contributed by atoms with Gasteiger partial charge in [0.15, 0.2) is 0 Å². The number of hydrogen-bond acceptors (Lipinski definition) is 2. The molecule has 1 amide bonds. The van der Waals surface area contributed by atoms with E-state index in [1.807, 2.05) is 24.3 Å². The molecule has 0 bridgehead atoms. The van der Waals surface area contributed by atoms with E-state index in [0.29, 0.717) is 23.6 Å². The van der Waals surface area contributed by atoms with Crippen molar-refractivity contribution >= 4 is 5.91 Å². The Morgan fingerprint density at radius 2 is 2.05 bits per heavy atom. The number of amides is 1. The van der Waals surface area contributed by atoms with E-state index < -0.39 is 0 Å². The lowest BCUT2D eigenvalue weighted by Crippen LogP contribution is -2.39. The predicted octanol–water partition coefficient (Wildman–Crippen LogP) is 2.84. The molecule has 0 unspecified atom stereocenters. The highest BCUT2D eigenvalue weighted by atomic mass is 16.1. The summed E-state index contributed by atoms with van der Waals surface area (Å²) >= 11 is 0. The maximum Gasteiger partial charge on any atom is 0.251 e. The fourth-order valence-corrected chi connectivity index (χ4v) is 2.65. The molecule has 0 aromatic heterocycles. The largest absolute Gasteiger partial charge is 0.349 e. The molecule has 3 N–H and O–H groups in total. The first kappa shape index (κ1) is 14.1. The van der Waals surface area contributed by atoms with Gasteiger partial charge in [-0.3, -0.25) is 4.79 Å². The molecule has 104 valence electrons. The molecule has 1 fully saturated rings. The smallest absolute Gasteiger partial charge is 0.251 e. The first-order valence-electron chi connectivity index (χ1n) is 7.10. The van der Waals surface area contributed by atoms with Crippen molar-refractivity contribution in [2.24, 2.45) is 11.1 Å². The van der Waals surface area contributed by atoms with E-state index in [2.05, 4.69) is 19.2 Å². The molecule has 0 aliphatic heterocycles. The lowest BCUT2D eigenvalue weighted by atomic mass is 9.75. The summed E-state index contributed by atoms with van der Waals surface area (Å²) in [6.07, 6.45) is 4.52. The van der Waals surface area contributed by atoms with Crippen LogP contribution in [0.15, 0.2) is 24.3 Å². The van der Waals surface area contributed by atoms with Crippen LogP contribution in [0.3, 0.4) is 0 Å². The second kappa shape index (κ2) is 5.74. The van der Waals surface area contributed by atoms with Crippen molar-refractivity contribution in [2.75, 3.05) is 0 Å². The van der Waals surface area contributed by atoms with E-state index in [9.17, 15) is 4.79 Å². The van der Waals surface area contributed by atoms with Gasteiger partial charge in [0, 0.05) is 18.2 Å². The summed E-state index contributed by atoms with van der Waals surface area (Å²) in [4.78, 5) is 12.2. The van der Waals surface area contributed by atoms with Crippen molar-refractivity contribution in [3.8, 4) is 0 Å². The molecule has 3 nitrogen and oxygen atoms in total. The van der Waals surface area contributed by atoms with Gasteiger partial charge in [-0.1, -0.05) is 26.0 Å². The fraction of sp³-hybridized carbons (Fsp3) is 0.562. The van der Waals surface area contributed by atoms with Crippen molar-refractivity contribution in [1.29, 1.82) is 0 Å². The van der Waals surface area contributed by atoms with Gasteiger partial charge in [0.2, 0.25) is 0 Å². The average molecular weight is 260 g/mol. The van der Waals surface area contributed by atoms with Gasteiger partial charge in [-0.15, -0.1) is 0 Å². The molecule has 0 radical (unpaired) electrons. The van der Waals surface area contributed by atoms with Gasteiger partial charge in [0.25, 0.3) is 5.91 Å². The number of hydrogen-bond donors (Lipinski definition) is 2. The number of nitrogens with one attached hydrogen (secondary N) is 1. The number of carbonyl (C=O) groups is 1. The fourth-order valence-electron chi connectivity index (χ4n) is 2.65. The Bertz CT molecular complexity index is 444. The molecule has 1 aromatic rings. The maximum atomic E-state index is 12.2. The molecule has 1 aliphatic rings. The summed E-state index contributed by atoms with van der Waals surface area (Å²) < 4.78 is 0. The normalized spacial score (nSPS) is 19.1. The Labute approximate surface area is 115 Å². The summed E-state index contributed by atoms with van der Waals surface area (Å²) in [7, 11) is 0. The quantitative estimate of drug-likeness (QED) is 0.878. The van der Waals surface area contributed by atoms with Crippen LogP contribution in [0.4, 0.5) is 0 Å². The first-order chi connectivity index (χ1) is 9.00. The van der Waals surface area contributed by atoms with Crippen molar-refractivity contribution in [1.82, 2.24) is 5.32 Å². The van der Waals surface area contributed by atoms with Crippen molar-refractivity contribution < 1.29 is 4.79 Å². The van der Waals surface area contributed by atoms with Gasteiger partial charge < -0.3 is 11.1 Å². The van der Waals surface area contributed by atoms with E-state index in [-0.39, 0.29) is 5.91 Å². The third-order valence-corrected chi connectivity index (χ3v) is 4.10. The van der Waals surface area contributed by atoms with Gasteiger partial charge in [0.1, 0.15) is 0 Å². The SMILES string of the molecule is CC1(C)CCC(NC(=O)c2cccc(CN)c2)CC1. The number of nitrogens with two attached hydrogens (primary N) is 1. The Morgan fingerprint density at radius 1 is 1.37 bits per heavy atom. The zero-order chi connectivity index (χ0) is 13.9. The van der Waals surface area contributed by atoms with Crippen molar-refractivity contribution in [3.05, 3.63) is 35.4 Å². The van der Waals surface area contributed by atoms with Crippen LogP contribution >= 0.6 is 0 Å². The molecule has 0 saturated heterocycles. The second-order valence-corrected chi connectivity index (χ2v) is 6.32. The van der Waals surface area contributed by atoms with E-state index >= 15 is 0 Å². The van der Waals surface area contributed by atoms with Crippen LogP contribution in [0.25, 0.3) is 0 Å². The number of benzene rings is 1. The van der Waals surface area contributed by atoms with E-state index in [4.69, 9.17) is 5.73 Å². The minimum Gasteiger partial charge on any atom is -0.349 e. The van der Waals surface area contributed by atoms with Crippen LogP contribution < -0.4 is 11.1 Å². The van der Waals surface area contributed by atoms with Crippen LogP contribution in [0.5, 0.6) is 0 Å². The monoisotopic (exact) mass is 260 g/mol. The van der Waals surface area contributed by atoms with Gasteiger partial charge in [-0.2, -0.15) is 0 Å². The summed E-state index contributed by atoms with van der Waals surface area (Å²) in [6, 6.07) is 7.88. The molecule has 2 rings (SSSR count). The Morgan fingerprint density at radius 3 is 2.68 bits per heavy atom. The molecule has 19 heavy (non-hydrogen) atoms. The standard InChI is InChI=1S/C16H24N2O/c1-16(2)8-6-14(7-9-16)18-15(19)13-5-3-4-12(10-13)11-17/h3-5,10,14H,6-9,11,17H2,1-2H3,(H,18,19). The van der Waals surface area contributed by atoms with Crippen molar-refractivity contribution in [3.63, 3.8) is 0 Å². The molecule has 0 spiro atoms. The molecule has 0 atom stereocenters. The third-order valence-electron chi connectivity index (χ3n) is 4.10. The highest BCUT2D eigenvalue weighted by Crippen LogP contribution is 2.35. The predicted molar refractivity (Wildman–Crippen MR) is 77.8 cm³/mol. The van der Waals surface area contributed by atoms with Crippen LogP contribution in [0.1, 0.15) is 55.5 Å². The summed E-state index contributed by atoms with van der Waals surface area (Å²) in [5.74, 6) is 0.0278. The molecule has 1 aliphatic carbocycles. The zero-order valence-electron chi connectivity index (χ0n) is 11.9. The van der Waals surface area contributed by atoms with Crippen LogP contribution in [-0.4, -0.2) is 11.9 Å². The summed E-state index contributed by atoms with van der Waals surface area (Å²) in [5.41, 5.74) is 7.75. The molecule has 0 heterocycles. The summed E-state index contributed by atoms with van der Waals surface area (Å²) in [6.45, 7) is 5.07. The number of carbonyl (C=O) groups excluding carboxylic acids is 1. The lowest BCUT2D eigenvalue weighted by Gasteiger charge is -2.34. The Balaban J connectivity index is 1.94. The van der Waals surface area contributed by atoms with Gasteiger partial charge >= 0.3 is 0 Å². The van der Waals surface area contributed by atoms with Gasteiger partial charge in [-0.05, 0) is 48.8 Å². The van der Waals surface area contributed by atoms with Crippen LogP contribution in [0.2, 0.25) is 0 Å². The second-order valence-electron chi connectivity index (χ2n) is 6.32. The van der Waals surface area contributed by atoms with Gasteiger partial charge in [0.05, 0.1) is 0 Å². The van der Waals surface area contributed by atoms with Gasteiger partial charge in [-0.25, -0.2) is 0 Å². The van der Waals surface area contributed by atoms with E-state index in [0.717, 1.165) is 18.4 Å². The Kier molecular flexibility index (Phi) is 4.25. The molecule has 1 aromatic carbocycles. The molecular formula is C16H24N2O. The highest BCUT2D eigenvalue weighted by molar-refractivity contribution is 5.94. The maximum absolute atomic E-state index is 12.2. The topological polar surface area (TPSA) is 55.1 Å². The van der Waals surface area contributed by atoms with E-state index in [1.54, 1.807) is 0 Å². The van der Waals surface area contributed by atoms with E-state index in [1.165, 1.54) is 12.8 Å². The Hall–Kier alpha value is -1.35. The molecular weight excluding hydrogens is 236 g/mol.